The van der Waals surface area contributed by atoms with Gasteiger partial charge in [-0.25, -0.2) is 13.2 Å². The molecule has 2 heterocycles. The minimum Gasteiger partial charge on any atom is -0.459 e. The summed E-state index contributed by atoms with van der Waals surface area (Å²) in [5.41, 5.74) is 0.294. The molecule has 0 aliphatic carbocycles. The van der Waals surface area contributed by atoms with Crippen molar-refractivity contribution in [3.63, 3.8) is 0 Å². The lowest BCUT2D eigenvalue weighted by atomic mass is 10.1. The molecule has 0 radical (unpaired) electrons. The summed E-state index contributed by atoms with van der Waals surface area (Å²) in [5.74, 6) is -1.74. The molecule has 30 heavy (non-hydrogen) atoms. The molecule has 1 aliphatic rings. The van der Waals surface area contributed by atoms with Crippen LogP contribution in [0.3, 0.4) is 0 Å². The number of hydrogen-bond acceptors (Lipinski definition) is 7. The Kier molecular flexibility index (Phi) is 6.56. The average Bonchev–Trinajstić information content (AvgIpc) is 3.37. The molecule has 1 saturated heterocycles. The second kappa shape index (κ2) is 9.12. The van der Waals surface area contributed by atoms with Crippen LogP contribution in [-0.4, -0.2) is 61.8 Å². The lowest BCUT2D eigenvalue weighted by molar-refractivity contribution is -0.136. The fourth-order valence-electron chi connectivity index (χ4n) is 3.31. The van der Waals surface area contributed by atoms with E-state index in [0.717, 1.165) is 0 Å². The zero-order valence-corrected chi connectivity index (χ0v) is 17.2. The van der Waals surface area contributed by atoms with E-state index in [0.29, 0.717) is 13.0 Å². The lowest BCUT2D eigenvalue weighted by Gasteiger charge is -2.26. The standard InChI is InChI=1S/C20H22N2O7S/c1-2-22(14-9-11-30(26,27)13-14)18(23)12-29-20(25)15-6-3-4-7-16(15)21-19(24)17-8-5-10-28-17/h3-8,10,14H,2,9,11-13H2,1H3,(H,21,24)/t14-/m1/s1. The number of benzene rings is 1. The van der Waals surface area contributed by atoms with E-state index >= 15 is 0 Å². The van der Waals surface area contributed by atoms with Crippen LogP contribution in [-0.2, 0) is 19.4 Å². The van der Waals surface area contributed by atoms with Gasteiger partial charge in [-0.1, -0.05) is 12.1 Å². The number of furan rings is 1. The Morgan fingerprint density at radius 2 is 1.97 bits per heavy atom. The van der Waals surface area contributed by atoms with E-state index in [-0.39, 0.29) is 28.5 Å². The van der Waals surface area contributed by atoms with Gasteiger partial charge in [-0.05, 0) is 37.6 Å². The third-order valence-electron chi connectivity index (χ3n) is 4.78. The van der Waals surface area contributed by atoms with Crippen LogP contribution in [0.4, 0.5) is 5.69 Å². The van der Waals surface area contributed by atoms with Gasteiger partial charge in [0.25, 0.3) is 11.8 Å². The lowest BCUT2D eigenvalue weighted by Crippen LogP contribution is -2.43. The molecule has 0 saturated carbocycles. The number of likely N-dealkylation sites (N-methyl/N-ethyl adjacent to an activating group) is 1. The van der Waals surface area contributed by atoms with E-state index in [1.54, 1.807) is 25.1 Å². The van der Waals surface area contributed by atoms with Crippen LogP contribution in [0.25, 0.3) is 0 Å². The topological polar surface area (TPSA) is 123 Å². The molecule has 1 atom stereocenters. The number of carbonyl (C=O) groups is 3. The van der Waals surface area contributed by atoms with Gasteiger partial charge in [0.2, 0.25) is 0 Å². The highest BCUT2D eigenvalue weighted by Gasteiger charge is 2.34. The average molecular weight is 434 g/mol. The molecule has 1 aromatic heterocycles. The van der Waals surface area contributed by atoms with E-state index < -0.39 is 40.3 Å². The molecular formula is C20H22N2O7S. The number of rotatable bonds is 7. The van der Waals surface area contributed by atoms with E-state index in [9.17, 15) is 22.8 Å². The van der Waals surface area contributed by atoms with Crippen molar-refractivity contribution in [2.45, 2.75) is 19.4 Å². The molecule has 0 bridgehead atoms. The molecule has 3 rings (SSSR count). The van der Waals surface area contributed by atoms with Crippen LogP contribution < -0.4 is 5.32 Å². The zero-order valence-electron chi connectivity index (χ0n) is 16.4. The molecule has 9 nitrogen and oxygen atoms in total. The van der Waals surface area contributed by atoms with Gasteiger partial charge in [0.05, 0.1) is 29.0 Å². The van der Waals surface area contributed by atoms with Crippen molar-refractivity contribution in [1.82, 2.24) is 4.90 Å². The van der Waals surface area contributed by atoms with Crippen LogP contribution in [0.15, 0.2) is 47.1 Å². The smallest absolute Gasteiger partial charge is 0.340 e. The Morgan fingerprint density at radius 3 is 2.60 bits per heavy atom. The van der Waals surface area contributed by atoms with Crippen LogP contribution in [0.1, 0.15) is 34.3 Å². The van der Waals surface area contributed by atoms with Crippen molar-refractivity contribution in [3.05, 3.63) is 54.0 Å². The monoisotopic (exact) mass is 434 g/mol. The number of nitrogens with one attached hydrogen (secondary N) is 1. The number of nitrogens with zero attached hydrogens (tertiary/aromatic N) is 1. The van der Waals surface area contributed by atoms with Crippen LogP contribution >= 0.6 is 0 Å². The van der Waals surface area contributed by atoms with Gasteiger partial charge in [-0.3, -0.25) is 9.59 Å². The Morgan fingerprint density at radius 1 is 1.20 bits per heavy atom. The molecule has 10 heteroatoms. The van der Waals surface area contributed by atoms with E-state index in [1.165, 1.54) is 29.4 Å². The van der Waals surface area contributed by atoms with Crippen LogP contribution in [0.2, 0.25) is 0 Å². The summed E-state index contributed by atoms with van der Waals surface area (Å²) in [6.07, 6.45) is 1.73. The summed E-state index contributed by atoms with van der Waals surface area (Å²) in [5, 5.41) is 2.57. The maximum atomic E-state index is 12.5. The highest BCUT2D eigenvalue weighted by molar-refractivity contribution is 7.91. The summed E-state index contributed by atoms with van der Waals surface area (Å²) in [7, 11) is -3.14. The first-order valence-corrected chi connectivity index (χ1v) is 11.2. The van der Waals surface area contributed by atoms with Crippen molar-refractivity contribution < 1.29 is 32.0 Å². The number of ether oxygens (including phenoxy) is 1. The fraction of sp³-hybridized carbons (Fsp3) is 0.350. The van der Waals surface area contributed by atoms with Gasteiger partial charge in [0, 0.05) is 12.6 Å². The maximum absolute atomic E-state index is 12.5. The highest BCUT2D eigenvalue weighted by atomic mass is 32.2. The Hall–Kier alpha value is -3.14. The van der Waals surface area contributed by atoms with Crippen molar-refractivity contribution in [1.29, 1.82) is 0 Å². The first-order chi connectivity index (χ1) is 14.3. The number of carbonyl (C=O) groups excluding carboxylic acids is 3. The number of esters is 1. The minimum absolute atomic E-state index is 0.0456. The van der Waals surface area contributed by atoms with Gasteiger partial charge in [0.1, 0.15) is 0 Å². The SMILES string of the molecule is CCN(C(=O)COC(=O)c1ccccc1NC(=O)c1ccco1)[C@@H]1CCS(=O)(=O)C1. The van der Waals surface area contributed by atoms with Crippen molar-refractivity contribution in [3.8, 4) is 0 Å². The Balaban J connectivity index is 1.63. The predicted octanol–water partition coefficient (Wildman–Crippen LogP) is 1.72. The quantitative estimate of drug-likeness (QED) is 0.658. The fourth-order valence-corrected chi connectivity index (χ4v) is 5.04. The normalized spacial score (nSPS) is 17.3. The van der Waals surface area contributed by atoms with Crippen molar-refractivity contribution in [2.75, 3.05) is 30.0 Å². The number of anilines is 1. The summed E-state index contributed by atoms with van der Waals surface area (Å²) in [6, 6.07) is 8.87. The Labute approximate surface area is 173 Å². The molecule has 2 amide bonds. The summed E-state index contributed by atoms with van der Waals surface area (Å²) >= 11 is 0. The summed E-state index contributed by atoms with van der Waals surface area (Å²) in [4.78, 5) is 38.6. The second-order valence-electron chi connectivity index (χ2n) is 6.79. The van der Waals surface area contributed by atoms with Gasteiger partial charge < -0.3 is 19.4 Å². The number of para-hydroxylation sites is 1. The number of sulfone groups is 1. The minimum atomic E-state index is -3.14. The second-order valence-corrected chi connectivity index (χ2v) is 9.02. The van der Waals surface area contributed by atoms with Gasteiger partial charge >= 0.3 is 5.97 Å². The maximum Gasteiger partial charge on any atom is 0.340 e. The Bertz CT molecular complexity index is 1030. The first-order valence-electron chi connectivity index (χ1n) is 9.41. The molecule has 1 aromatic carbocycles. The van der Waals surface area contributed by atoms with Gasteiger partial charge in [-0.15, -0.1) is 0 Å². The molecular weight excluding hydrogens is 412 g/mol. The largest absolute Gasteiger partial charge is 0.459 e. The van der Waals surface area contributed by atoms with E-state index in [2.05, 4.69) is 5.32 Å². The van der Waals surface area contributed by atoms with E-state index in [1.807, 2.05) is 0 Å². The third kappa shape index (κ3) is 5.07. The highest BCUT2D eigenvalue weighted by Crippen LogP contribution is 2.20. The molecule has 2 aromatic rings. The molecule has 160 valence electrons. The summed E-state index contributed by atoms with van der Waals surface area (Å²) in [6.45, 7) is 1.53. The van der Waals surface area contributed by atoms with Crippen LogP contribution in [0, 0.1) is 0 Å². The molecule has 1 aliphatic heterocycles. The van der Waals surface area contributed by atoms with Crippen LogP contribution in [0.5, 0.6) is 0 Å². The zero-order chi connectivity index (χ0) is 21.7. The van der Waals surface area contributed by atoms with Crippen molar-refractivity contribution >= 4 is 33.3 Å². The predicted molar refractivity (Wildman–Crippen MR) is 108 cm³/mol. The molecule has 1 fully saturated rings. The molecule has 0 spiro atoms. The van der Waals surface area contributed by atoms with Crippen molar-refractivity contribution in [2.24, 2.45) is 0 Å². The summed E-state index contributed by atoms with van der Waals surface area (Å²) < 4.78 is 33.5. The first kappa shape index (κ1) is 21.6. The van der Waals surface area contributed by atoms with E-state index in [4.69, 9.17) is 9.15 Å². The van der Waals surface area contributed by atoms with Gasteiger partial charge in [-0.2, -0.15) is 0 Å². The number of amides is 2. The third-order valence-corrected chi connectivity index (χ3v) is 6.53. The molecule has 1 N–H and O–H groups in total. The number of hydrogen-bond donors (Lipinski definition) is 1. The van der Waals surface area contributed by atoms with Gasteiger partial charge in [0.15, 0.2) is 22.2 Å². The molecule has 0 unspecified atom stereocenters.